The zero-order valence-corrected chi connectivity index (χ0v) is 40.6. The van der Waals surface area contributed by atoms with E-state index in [-0.39, 0.29) is 42.8 Å². The molecule has 4 aromatic rings. The van der Waals surface area contributed by atoms with Crippen LogP contribution in [0, 0.1) is 13.8 Å². The van der Waals surface area contributed by atoms with Crippen molar-refractivity contribution in [2.24, 2.45) is 0 Å². The smallest absolute Gasteiger partial charge is 0.297 e. The number of benzene rings is 4. The molecule has 2 fully saturated rings. The van der Waals surface area contributed by atoms with Crippen LogP contribution in [0.15, 0.2) is 119 Å². The predicted octanol–water partition coefficient (Wildman–Crippen LogP) is 7.19. The van der Waals surface area contributed by atoms with Gasteiger partial charge in [-0.25, -0.2) is 0 Å². The van der Waals surface area contributed by atoms with Crippen molar-refractivity contribution in [1.82, 2.24) is 0 Å². The van der Waals surface area contributed by atoms with Crippen molar-refractivity contribution in [3.8, 4) is 0 Å². The highest BCUT2D eigenvalue weighted by Gasteiger charge is 2.55. The molecule has 2 saturated heterocycles. The zero-order chi connectivity index (χ0) is 47.8. The fourth-order valence-electron chi connectivity index (χ4n) is 7.98. The van der Waals surface area contributed by atoms with Crippen LogP contribution in [-0.2, 0) is 79.7 Å². The number of aliphatic hydroxyl groups excluding tert-OH is 1. The third kappa shape index (κ3) is 14.9. The SMILES string of the molecule is CCCCCCCCO[C@H]1O[C@H](COCc2ccccc2)[C@@H](O[C@H]2O[C@H](COCc3ccccc3)[C@@H](O)[C@H](OC)[C@@H]2OS(=O)(=O)c2ccc(C)cc2)[C@H](OC)[C@@H]1OS(=O)(=O)c1ccc(C)cc1. The average Bonchev–Trinajstić information content (AvgIpc) is 3.32. The molecule has 0 bridgehead atoms. The summed E-state index contributed by atoms with van der Waals surface area (Å²) in [5.41, 5.74) is 3.41. The molecule has 67 heavy (non-hydrogen) atoms. The summed E-state index contributed by atoms with van der Waals surface area (Å²) < 4.78 is 119. The Morgan fingerprint density at radius 3 is 1.51 bits per heavy atom. The summed E-state index contributed by atoms with van der Waals surface area (Å²) in [6.45, 7) is 6.08. The Morgan fingerprint density at radius 2 is 1.00 bits per heavy atom. The minimum absolute atomic E-state index is 0.103. The lowest BCUT2D eigenvalue weighted by molar-refractivity contribution is -0.358. The number of hydrogen-bond donors (Lipinski definition) is 1. The van der Waals surface area contributed by atoms with Gasteiger partial charge in [-0.1, -0.05) is 135 Å². The molecule has 0 unspecified atom stereocenters. The van der Waals surface area contributed by atoms with E-state index in [4.69, 9.17) is 46.3 Å². The van der Waals surface area contributed by atoms with Crippen molar-refractivity contribution in [2.45, 2.75) is 144 Å². The van der Waals surface area contributed by atoms with Gasteiger partial charge in [0, 0.05) is 20.8 Å². The molecule has 2 heterocycles. The first kappa shape index (κ1) is 52.7. The van der Waals surface area contributed by atoms with E-state index in [1.54, 1.807) is 24.3 Å². The Labute approximate surface area is 396 Å². The van der Waals surface area contributed by atoms with Gasteiger partial charge in [0.2, 0.25) is 0 Å². The number of rotatable bonds is 26. The van der Waals surface area contributed by atoms with Crippen LogP contribution in [0.1, 0.15) is 67.7 Å². The van der Waals surface area contributed by atoms with Gasteiger partial charge < -0.3 is 43.0 Å². The molecule has 0 spiro atoms. The molecule has 6 rings (SSSR count). The number of methoxy groups -OCH3 is 2. The first-order chi connectivity index (χ1) is 32.3. The van der Waals surface area contributed by atoms with E-state index >= 15 is 0 Å². The third-order valence-electron chi connectivity index (χ3n) is 11.7. The summed E-state index contributed by atoms with van der Waals surface area (Å²) >= 11 is 0. The van der Waals surface area contributed by atoms with Crippen molar-refractivity contribution in [2.75, 3.05) is 34.0 Å². The fourth-order valence-corrected chi connectivity index (χ4v) is 10.1. The van der Waals surface area contributed by atoms with E-state index in [0.29, 0.717) is 6.42 Å². The first-order valence-electron chi connectivity index (χ1n) is 22.9. The summed E-state index contributed by atoms with van der Waals surface area (Å²) in [5, 5.41) is 11.8. The number of hydrogen-bond acceptors (Lipinski definition) is 15. The van der Waals surface area contributed by atoms with Gasteiger partial charge in [-0.3, -0.25) is 8.37 Å². The van der Waals surface area contributed by atoms with Crippen LogP contribution in [0.4, 0.5) is 0 Å². The molecule has 17 heteroatoms. The summed E-state index contributed by atoms with van der Waals surface area (Å²) in [6, 6.07) is 31.1. The Kier molecular flexibility index (Phi) is 20.3. The Hall–Kier alpha value is -3.66. The lowest BCUT2D eigenvalue weighted by Crippen LogP contribution is -2.66. The van der Waals surface area contributed by atoms with Gasteiger partial charge >= 0.3 is 0 Å². The van der Waals surface area contributed by atoms with Gasteiger partial charge in [0.15, 0.2) is 24.8 Å². The molecule has 2 aliphatic heterocycles. The maximum absolute atomic E-state index is 14.1. The maximum Gasteiger partial charge on any atom is 0.297 e. The molecule has 4 aromatic carbocycles. The van der Waals surface area contributed by atoms with Gasteiger partial charge in [0.25, 0.3) is 20.2 Å². The topological polar surface area (TPSA) is 181 Å². The van der Waals surface area contributed by atoms with E-state index in [9.17, 15) is 21.9 Å². The highest BCUT2D eigenvalue weighted by Crippen LogP contribution is 2.36. The van der Waals surface area contributed by atoms with E-state index < -0.39 is 81.6 Å². The summed E-state index contributed by atoms with van der Waals surface area (Å²) in [7, 11) is -6.37. The Balaban J connectivity index is 1.36. The third-order valence-corrected chi connectivity index (χ3v) is 14.4. The van der Waals surface area contributed by atoms with Crippen molar-refractivity contribution in [3.63, 3.8) is 0 Å². The van der Waals surface area contributed by atoms with Gasteiger partial charge in [-0.2, -0.15) is 16.8 Å². The number of ether oxygens (including phenoxy) is 8. The number of aryl methyl sites for hydroxylation is 2. The van der Waals surface area contributed by atoms with Crippen molar-refractivity contribution in [1.29, 1.82) is 0 Å². The molecule has 0 radical (unpaired) electrons. The number of unbranched alkanes of at least 4 members (excludes halogenated alkanes) is 5. The van der Waals surface area contributed by atoms with Crippen LogP contribution >= 0.6 is 0 Å². The van der Waals surface area contributed by atoms with Crippen LogP contribution in [0.25, 0.3) is 0 Å². The number of aliphatic hydroxyl groups is 1. The van der Waals surface area contributed by atoms with Crippen molar-refractivity contribution >= 4 is 20.2 Å². The zero-order valence-electron chi connectivity index (χ0n) is 38.9. The van der Waals surface area contributed by atoms with Crippen molar-refractivity contribution < 1.29 is 68.2 Å². The minimum Gasteiger partial charge on any atom is -0.387 e. The lowest BCUT2D eigenvalue weighted by atomic mass is 9.96. The van der Waals surface area contributed by atoms with E-state index in [1.165, 1.54) is 38.5 Å². The molecule has 368 valence electrons. The normalized spacial score (nSPS) is 25.8. The molecule has 0 amide bonds. The van der Waals surface area contributed by atoms with Crippen LogP contribution in [0.3, 0.4) is 0 Å². The maximum atomic E-state index is 14.1. The van der Waals surface area contributed by atoms with E-state index in [1.807, 2.05) is 74.5 Å². The summed E-state index contributed by atoms with van der Waals surface area (Å²) in [4.78, 5) is -0.258. The molecule has 1 N–H and O–H groups in total. The highest BCUT2D eigenvalue weighted by atomic mass is 32.2. The van der Waals surface area contributed by atoms with Crippen molar-refractivity contribution in [3.05, 3.63) is 131 Å². The molecular formula is C50H66O15S2. The minimum atomic E-state index is -4.56. The predicted molar refractivity (Wildman–Crippen MR) is 248 cm³/mol. The van der Waals surface area contributed by atoms with Crippen LogP contribution in [0.5, 0.6) is 0 Å². The van der Waals surface area contributed by atoms with E-state index in [2.05, 4.69) is 6.92 Å². The van der Waals surface area contributed by atoms with E-state index in [0.717, 1.165) is 54.4 Å². The second-order valence-corrected chi connectivity index (χ2v) is 20.0. The molecule has 10 atom stereocenters. The second kappa shape index (κ2) is 25.8. The molecule has 0 aromatic heterocycles. The molecule has 0 saturated carbocycles. The quantitative estimate of drug-likeness (QED) is 0.0493. The molecular weight excluding hydrogens is 905 g/mol. The van der Waals surface area contributed by atoms with Gasteiger partial charge in [0.05, 0.1) is 36.2 Å². The molecule has 2 aliphatic rings. The van der Waals surface area contributed by atoms with Gasteiger partial charge in [-0.05, 0) is 55.7 Å². The molecule has 0 aliphatic carbocycles. The van der Waals surface area contributed by atoms with Crippen LogP contribution < -0.4 is 0 Å². The van der Waals surface area contributed by atoms with Gasteiger partial charge in [-0.15, -0.1) is 0 Å². The van der Waals surface area contributed by atoms with Crippen LogP contribution in [0.2, 0.25) is 0 Å². The summed E-state index contributed by atoms with van der Waals surface area (Å²) in [5.74, 6) is 0. The standard InChI is InChI=1S/C50H66O15S2/c1-6-7-8-9-10-17-30-60-49-48(65-67(54,55)40-28-24-36(3)25-29-40)46(57-5)44(42(62-49)34-59-32-38-20-15-12-16-21-38)63-50-47(64-66(52,53)39-26-22-35(2)23-27-39)45(56-4)43(51)41(61-50)33-58-31-37-18-13-11-14-19-37/h11-16,18-29,41-51H,6-10,17,30-34H2,1-5H3/t41-,42-,43-,44-,45+,46+,47+,48+,49+,50-/m1/s1. The average molecular weight is 971 g/mol. The highest BCUT2D eigenvalue weighted by molar-refractivity contribution is 7.87. The Morgan fingerprint density at radius 1 is 0.537 bits per heavy atom. The lowest BCUT2D eigenvalue weighted by Gasteiger charge is -2.48. The van der Waals surface area contributed by atoms with Crippen LogP contribution in [-0.4, -0.2) is 117 Å². The Bertz CT molecular complexity index is 2270. The second-order valence-electron chi connectivity index (χ2n) is 16.9. The first-order valence-corrected chi connectivity index (χ1v) is 25.7. The summed E-state index contributed by atoms with van der Waals surface area (Å²) in [6.07, 6.45) is -7.81. The van der Waals surface area contributed by atoms with Gasteiger partial charge in [0.1, 0.15) is 36.6 Å². The monoisotopic (exact) mass is 970 g/mol. The molecule has 15 nitrogen and oxygen atoms in total. The largest absolute Gasteiger partial charge is 0.387 e. The fraction of sp³-hybridized carbons (Fsp3) is 0.520.